The van der Waals surface area contributed by atoms with Crippen LogP contribution in [0.25, 0.3) is 0 Å². The molecule has 2 heteroatoms. The van der Waals surface area contributed by atoms with Gasteiger partial charge < -0.3 is 4.90 Å². The van der Waals surface area contributed by atoms with Crippen LogP contribution >= 0.6 is 0 Å². The lowest BCUT2D eigenvalue weighted by molar-refractivity contribution is 0.643. The summed E-state index contributed by atoms with van der Waals surface area (Å²) in [5.41, 5.74) is 0. The fourth-order valence-electron chi connectivity index (χ4n) is 0.629. The van der Waals surface area contributed by atoms with Gasteiger partial charge in [-0.15, -0.1) is 0 Å². The number of unbranched alkanes of at least 4 members (excludes halogenated alkanes) is 2. The molecule has 0 saturated carbocycles. The molecule has 0 bridgehead atoms. The highest BCUT2D eigenvalue weighted by Gasteiger charge is 1.76. The Morgan fingerprint density at radius 3 is 2.64 bits per heavy atom. The van der Waals surface area contributed by atoms with Gasteiger partial charge in [0.05, 0.1) is 6.34 Å². The first-order valence-corrected chi connectivity index (χ1v) is 4.12. The highest BCUT2D eigenvalue weighted by atomic mass is 15.1. The average molecular weight is 154 g/mol. The normalized spacial score (nSPS) is 11.5. The molecule has 0 saturated heterocycles. The molecule has 0 N–H and O–H groups in total. The van der Waals surface area contributed by atoms with E-state index in [1.165, 1.54) is 12.8 Å². The van der Waals surface area contributed by atoms with Crippen molar-refractivity contribution in [1.82, 2.24) is 4.90 Å². The molecule has 0 spiro atoms. The minimum atomic E-state index is 1.14. The summed E-state index contributed by atoms with van der Waals surface area (Å²) in [6.45, 7) is 2.19. The van der Waals surface area contributed by atoms with Crippen LogP contribution in [-0.4, -0.2) is 25.3 Å². The third-order valence-corrected chi connectivity index (χ3v) is 1.21. The lowest BCUT2D eigenvalue weighted by Crippen LogP contribution is -2.06. The van der Waals surface area contributed by atoms with Crippen molar-refractivity contribution in [3.05, 3.63) is 12.3 Å². The van der Waals surface area contributed by atoms with Crippen LogP contribution in [0.15, 0.2) is 17.3 Å². The van der Waals surface area contributed by atoms with Gasteiger partial charge in [0.2, 0.25) is 0 Å². The Hall–Kier alpha value is -0.790. The van der Waals surface area contributed by atoms with E-state index < -0.39 is 0 Å². The van der Waals surface area contributed by atoms with Crippen molar-refractivity contribution in [2.75, 3.05) is 14.1 Å². The van der Waals surface area contributed by atoms with E-state index in [0.717, 1.165) is 6.42 Å². The Kier molecular flexibility index (Phi) is 6.79. The average Bonchev–Trinajstić information content (AvgIpc) is 1.96. The minimum absolute atomic E-state index is 1.14. The zero-order chi connectivity index (χ0) is 8.53. The largest absolute Gasteiger partial charge is 0.369 e. The van der Waals surface area contributed by atoms with Gasteiger partial charge in [-0.2, -0.15) is 0 Å². The molecule has 64 valence electrons. The Balaban J connectivity index is 3.29. The molecule has 0 aliphatic heterocycles. The molecule has 0 heterocycles. The first kappa shape index (κ1) is 10.2. The first-order valence-electron chi connectivity index (χ1n) is 4.12. The highest BCUT2D eigenvalue weighted by Crippen LogP contribution is 1.94. The van der Waals surface area contributed by atoms with Crippen LogP contribution in [0.4, 0.5) is 0 Å². The monoisotopic (exact) mass is 154 g/mol. The number of hydrogen-bond acceptors (Lipinski definition) is 1. The van der Waals surface area contributed by atoms with Crippen molar-refractivity contribution >= 4 is 6.34 Å². The van der Waals surface area contributed by atoms with Crippen molar-refractivity contribution in [2.24, 2.45) is 4.99 Å². The van der Waals surface area contributed by atoms with Crippen LogP contribution in [0.5, 0.6) is 0 Å². The van der Waals surface area contributed by atoms with E-state index in [1.807, 2.05) is 25.2 Å². The van der Waals surface area contributed by atoms with Crippen LogP contribution in [0.3, 0.4) is 0 Å². The molecule has 2 nitrogen and oxygen atoms in total. The highest BCUT2D eigenvalue weighted by molar-refractivity contribution is 5.54. The van der Waals surface area contributed by atoms with E-state index in [9.17, 15) is 0 Å². The SMILES string of the molecule is CCCC/C=C/N=CN(C)C. The lowest BCUT2D eigenvalue weighted by atomic mass is 10.2. The van der Waals surface area contributed by atoms with Crippen molar-refractivity contribution in [2.45, 2.75) is 26.2 Å². The standard InChI is InChI=1S/C9H18N2/c1-4-5-6-7-8-10-9-11(2)3/h7-9H,4-6H2,1-3H3/b8-7+,10-9?. The lowest BCUT2D eigenvalue weighted by Gasteiger charge is -1.99. The maximum atomic E-state index is 4.06. The summed E-state index contributed by atoms with van der Waals surface area (Å²) in [4.78, 5) is 5.98. The van der Waals surface area contributed by atoms with Gasteiger partial charge in [0.1, 0.15) is 0 Å². The van der Waals surface area contributed by atoms with Crippen molar-refractivity contribution in [1.29, 1.82) is 0 Å². The maximum absolute atomic E-state index is 4.06. The van der Waals surface area contributed by atoms with Crippen LogP contribution in [0, 0.1) is 0 Å². The molecule has 0 aliphatic rings. The number of aliphatic imine (C=N–C) groups is 1. The van der Waals surface area contributed by atoms with E-state index in [1.54, 1.807) is 6.34 Å². The Labute approximate surface area is 69.6 Å². The molecule has 0 aromatic carbocycles. The molecular weight excluding hydrogens is 136 g/mol. The summed E-state index contributed by atoms with van der Waals surface area (Å²) in [6, 6.07) is 0. The van der Waals surface area contributed by atoms with Gasteiger partial charge in [0, 0.05) is 20.3 Å². The fourth-order valence-corrected chi connectivity index (χ4v) is 0.629. The maximum Gasteiger partial charge on any atom is 0.0899 e. The molecule has 0 fully saturated rings. The van der Waals surface area contributed by atoms with Gasteiger partial charge in [-0.3, -0.25) is 0 Å². The van der Waals surface area contributed by atoms with E-state index in [0.29, 0.717) is 0 Å². The number of nitrogens with zero attached hydrogens (tertiary/aromatic N) is 2. The predicted octanol–water partition coefficient (Wildman–Crippen LogP) is 2.28. The summed E-state index contributed by atoms with van der Waals surface area (Å²) in [5.74, 6) is 0. The topological polar surface area (TPSA) is 15.6 Å². The molecule has 0 aliphatic carbocycles. The van der Waals surface area contributed by atoms with Gasteiger partial charge >= 0.3 is 0 Å². The summed E-state index contributed by atoms with van der Waals surface area (Å²) in [6.07, 6.45) is 9.40. The van der Waals surface area contributed by atoms with Gasteiger partial charge in [0.15, 0.2) is 0 Å². The molecule has 0 unspecified atom stereocenters. The van der Waals surface area contributed by atoms with Gasteiger partial charge in [0.25, 0.3) is 0 Å². The quantitative estimate of drug-likeness (QED) is 0.337. The fraction of sp³-hybridized carbons (Fsp3) is 0.667. The first-order chi connectivity index (χ1) is 5.27. The van der Waals surface area contributed by atoms with E-state index in [-0.39, 0.29) is 0 Å². The van der Waals surface area contributed by atoms with Gasteiger partial charge in [-0.25, -0.2) is 4.99 Å². The van der Waals surface area contributed by atoms with Crippen molar-refractivity contribution < 1.29 is 0 Å². The van der Waals surface area contributed by atoms with Crippen LogP contribution in [0.2, 0.25) is 0 Å². The minimum Gasteiger partial charge on any atom is -0.369 e. The summed E-state index contributed by atoms with van der Waals surface area (Å²) in [5, 5.41) is 0. The third kappa shape index (κ3) is 9.21. The molecule has 0 rings (SSSR count). The molecule has 0 aromatic heterocycles. The third-order valence-electron chi connectivity index (χ3n) is 1.21. The number of hydrogen-bond donors (Lipinski definition) is 0. The second kappa shape index (κ2) is 7.32. The summed E-state index contributed by atoms with van der Waals surface area (Å²) in [7, 11) is 3.92. The predicted molar refractivity (Wildman–Crippen MR) is 50.8 cm³/mol. The summed E-state index contributed by atoms with van der Waals surface area (Å²) < 4.78 is 0. The van der Waals surface area contributed by atoms with Crippen LogP contribution in [-0.2, 0) is 0 Å². The van der Waals surface area contributed by atoms with E-state index in [2.05, 4.69) is 18.0 Å². The zero-order valence-corrected chi connectivity index (χ0v) is 7.75. The molecule has 11 heavy (non-hydrogen) atoms. The van der Waals surface area contributed by atoms with Crippen molar-refractivity contribution in [3.8, 4) is 0 Å². The van der Waals surface area contributed by atoms with E-state index >= 15 is 0 Å². The molecule has 0 radical (unpaired) electrons. The smallest absolute Gasteiger partial charge is 0.0899 e. The second-order valence-electron chi connectivity index (χ2n) is 2.76. The van der Waals surface area contributed by atoms with Gasteiger partial charge in [-0.1, -0.05) is 25.8 Å². The van der Waals surface area contributed by atoms with Crippen LogP contribution < -0.4 is 0 Å². The van der Waals surface area contributed by atoms with Gasteiger partial charge in [-0.05, 0) is 6.42 Å². The Bertz CT molecular complexity index is 126. The Morgan fingerprint density at radius 1 is 1.36 bits per heavy atom. The van der Waals surface area contributed by atoms with Crippen LogP contribution in [0.1, 0.15) is 26.2 Å². The molecule has 0 amide bonds. The second-order valence-corrected chi connectivity index (χ2v) is 2.76. The van der Waals surface area contributed by atoms with E-state index in [4.69, 9.17) is 0 Å². The molecule has 0 atom stereocenters. The number of allylic oxidation sites excluding steroid dienone is 1. The number of rotatable bonds is 5. The zero-order valence-electron chi connectivity index (χ0n) is 7.75. The molecule has 0 aromatic rings. The Morgan fingerprint density at radius 2 is 2.09 bits per heavy atom. The van der Waals surface area contributed by atoms with Crippen molar-refractivity contribution in [3.63, 3.8) is 0 Å². The molecular formula is C9H18N2. The summed E-state index contributed by atoms with van der Waals surface area (Å²) >= 11 is 0.